The summed E-state index contributed by atoms with van der Waals surface area (Å²) >= 11 is 0. The Hall–Kier alpha value is -2.20. The highest BCUT2D eigenvalue weighted by Gasteiger charge is 2.07. The van der Waals surface area contributed by atoms with Gasteiger partial charge >= 0.3 is 0 Å². The van der Waals surface area contributed by atoms with Gasteiger partial charge in [-0.15, -0.1) is 0 Å². The topological polar surface area (TPSA) is 49.9 Å². The Balaban J connectivity index is 1.82. The van der Waals surface area contributed by atoms with Crippen LogP contribution in [-0.4, -0.2) is 14.9 Å². The molecule has 1 atom stereocenters. The van der Waals surface area contributed by atoms with Crippen LogP contribution in [0, 0.1) is 6.92 Å². The number of fused-ring (bicyclic) bond motifs is 1. The molecule has 0 amide bonds. The van der Waals surface area contributed by atoms with Crippen LogP contribution in [0.5, 0.6) is 0 Å². The zero-order chi connectivity index (χ0) is 15.5. The van der Waals surface area contributed by atoms with Gasteiger partial charge in [-0.05, 0) is 48.6 Å². The van der Waals surface area contributed by atoms with Gasteiger partial charge in [0, 0.05) is 21.7 Å². The normalized spacial score (nSPS) is 12.4. The lowest BCUT2D eigenvalue weighted by Crippen LogP contribution is -2.15. The lowest BCUT2D eigenvalue weighted by molar-refractivity contribution is 0.682. The molecule has 3 rings (SSSR count). The van der Waals surface area contributed by atoms with Crippen LogP contribution in [0.1, 0.15) is 11.1 Å². The molecule has 0 fully saturated rings. The molecule has 0 aliphatic heterocycles. The molecule has 1 N–H and O–H groups in total. The number of rotatable bonds is 4. The lowest BCUT2D eigenvalue weighted by atomic mass is 10.1. The first-order chi connectivity index (χ1) is 10.6. The second-order valence-electron chi connectivity index (χ2n) is 5.33. The first kappa shape index (κ1) is 14.7. The number of H-pyrrole nitrogens is 1. The number of pyridine rings is 1. The zero-order valence-electron chi connectivity index (χ0n) is 12.3. The largest absolute Gasteiger partial charge is 0.322 e. The van der Waals surface area contributed by atoms with E-state index >= 15 is 0 Å². The minimum absolute atomic E-state index is 0.0943. The van der Waals surface area contributed by atoms with Crippen LogP contribution in [0.25, 0.3) is 10.9 Å². The molecule has 2 aromatic carbocycles. The van der Waals surface area contributed by atoms with Crippen molar-refractivity contribution >= 4 is 21.7 Å². The molecule has 22 heavy (non-hydrogen) atoms. The SMILES string of the molecule is Cc1ccc2cc(CC[S@](=O)c3ccccc3)c(=O)[nH]c2c1. The number of hydrogen-bond acceptors (Lipinski definition) is 2. The van der Waals surface area contributed by atoms with E-state index in [-0.39, 0.29) is 5.56 Å². The quantitative estimate of drug-likeness (QED) is 0.804. The van der Waals surface area contributed by atoms with E-state index in [0.717, 1.165) is 21.4 Å². The Morgan fingerprint density at radius 2 is 1.82 bits per heavy atom. The highest BCUT2D eigenvalue weighted by molar-refractivity contribution is 7.85. The molecule has 0 saturated heterocycles. The maximum absolute atomic E-state index is 12.2. The Morgan fingerprint density at radius 3 is 2.59 bits per heavy atom. The van der Waals surface area contributed by atoms with Crippen molar-refractivity contribution in [1.29, 1.82) is 0 Å². The molecular formula is C18H17NO2S. The summed E-state index contributed by atoms with van der Waals surface area (Å²) in [5.74, 6) is 0.449. The van der Waals surface area contributed by atoms with E-state index in [9.17, 15) is 9.00 Å². The predicted molar refractivity (Wildman–Crippen MR) is 90.7 cm³/mol. The van der Waals surface area contributed by atoms with E-state index in [2.05, 4.69) is 4.98 Å². The highest BCUT2D eigenvalue weighted by Crippen LogP contribution is 2.14. The summed E-state index contributed by atoms with van der Waals surface area (Å²) in [5.41, 5.74) is 2.54. The molecule has 0 bridgehead atoms. The summed E-state index contributed by atoms with van der Waals surface area (Å²) < 4.78 is 12.2. The molecule has 0 unspecified atom stereocenters. The zero-order valence-corrected chi connectivity index (χ0v) is 13.2. The van der Waals surface area contributed by atoms with E-state index in [0.29, 0.717) is 17.7 Å². The first-order valence-corrected chi connectivity index (χ1v) is 8.51. The van der Waals surface area contributed by atoms with Crippen molar-refractivity contribution in [2.45, 2.75) is 18.2 Å². The van der Waals surface area contributed by atoms with Crippen LogP contribution in [-0.2, 0) is 17.2 Å². The molecule has 3 nitrogen and oxygen atoms in total. The Bertz CT molecular complexity index is 884. The van der Waals surface area contributed by atoms with Crippen LogP contribution in [0.15, 0.2) is 64.3 Å². The molecule has 1 heterocycles. The van der Waals surface area contributed by atoms with Crippen molar-refractivity contribution in [1.82, 2.24) is 4.98 Å². The highest BCUT2D eigenvalue weighted by atomic mass is 32.2. The van der Waals surface area contributed by atoms with Crippen LogP contribution in [0.4, 0.5) is 0 Å². The van der Waals surface area contributed by atoms with Crippen molar-refractivity contribution < 1.29 is 4.21 Å². The van der Waals surface area contributed by atoms with Gasteiger partial charge in [-0.1, -0.05) is 30.3 Å². The second kappa shape index (κ2) is 6.28. The van der Waals surface area contributed by atoms with Gasteiger partial charge in [0.05, 0.1) is 10.8 Å². The monoisotopic (exact) mass is 311 g/mol. The lowest BCUT2D eigenvalue weighted by Gasteiger charge is -2.05. The summed E-state index contributed by atoms with van der Waals surface area (Å²) in [6, 6.07) is 17.2. The van der Waals surface area contributed by atoms with Crippen LogP contribution in [0.3, 0.4) is 0 Å². The molecular weight excluding hydrogens is 294 g/mol. The van der Waals surface area contributed by atoms with Crippen LogP contribution < -0.4 is 5.56 Å². The fraction of sp³-hybridized carbons (Fsp3) is 0.167. The molecule has 4 heteroatoms. The third-order valence-electron chi connectivity index (χ3n) is 3.64. The molecule has 0 saturated carbocycles. The van der Waals surface area contributed by atoms with Gasteiger partial charge in [0.2, 0.25) is 0 Å². The molecule has 3 aromatic rings. The molecule has 0 aliphatic carbocycles. The van der Waals surface area contributed by atoms with E-state index in [1.807, 2.05) is 61.5 Å². The molecule has 1 aromatic heterocycles. The number of nitrogens with one attached hydrogen (secondary N) is 1. The summed E-state index contributed by atoms with van der Waals surface area (Å²) in [6.07, 6.45) is 0.501. The third-order valence-corrected chi connectivity index (χ3v) is 5.01. The van der Waals surface area contributed by atoms with Gasteiger partial charge in [0.25, 0.3) is 5.56 Å². The standard InChI is InChI=1S/C18H17NO2S/c1-13-7-8-14-12-15(18(20)19-17(14)11-13)9-10-22(21)16-5-3-2-4-6-16/h2-8,11-12H,9-10H2,1H3,(H,19,20)/t22-/m0/s1. The number of aryl methyl sites for hydroxylation is 2. The minimum atomic E-state index is -1.08. The Kier molecular flexibility index (Phi) is 4.20. The van der Waals surface area contributed by atoms with Crippen LogP contribution >= 0.6 is 0 Å². The number of benzene rings is 2. The first-order valence-electron chi connectivity index (χ1n) is 7.19. The fourth-order valence-corrected chi connectivity index (χ4v) is 3.54. The van der Waals surface area contributed by atoms with Gasteiger partial charge in [-0.3, -0.25) is 9.00 Å². The third kappa shape index (κ3) is 3.17. The Labute approximate surface area is 131 Å². The molecule has 0 aliphatic rings. The molecule has 0 radical (unpaired) electrons. The fourth-order valence-electron chi connectivity index (χ4n) is 2.44. The van der Waals surface area contributed by atoms with Gasteiger partial charge in [0.1, 0.15) is 0 Å². The molecule has 112 valence electrons. The summed E-state index contributed by atoms with van der Waals surface area (Å²) in [7, 11) is -1.08. The molecule has 0 spiro atoms. The van der Waals surface area contributed by atoms with E-state index in [4.69, 9.17) is 0 Å². The maximum Gasteiger partial charge on any atom is 0.251 e. The van der Waals surface area contributed by atoms with Gasteiger partial charge in [-0.25, -0.2) is 0 Å². The van der Waals surface area contributed by atoms with Gasteiger partial charge in [-0.2, -0.15) is 0 Å². The van der Waals surface area contributed by atoms with Crippen LogP contribution in [0.2, 0.25) is 0 Å². The average molecular weight is 311 g/mol. The average Bonchev–Trinajstić information content (AvgIpc) is 2.53. The van der Waals surface area contributed by atoms with E-state index < -0.39 is 10.8 Å². The minimum Gasteiger partial charge on any atom is -0.322 e. The smallest absolute Gasteiger partial charge is 0.251 e. The Morgan fingerprint density at radius 1 is 1.05 bits per heavy atom. The number of aromatic amines is 1. The summed E-state index contributed by atoms with van der Waals surface area (Å²) in [5, 5.41) is 1.01. The second-order valence-corrected chi connectivity index (χ2v) is 6.90. The summed E-state index contributed by atoms with van der Waals surface area (Å²) in [6.45, 7) is 1.99. The van der Waals surface area contributed by atoms with Crippen molar-refractivity contribution in [2.24, 2.45) is 0 Å². The van der Waals surface area contributed by atoms with Crippen molar-refractivity contribution in [3.63, 3.8) is 0 Å². The van der Waals surface area contributed by atoms with E-state index in [1.165, 1.54) is 0 Å². The van der Waals surface area contributed by atoms with Crippen molar-refractivity contribution in [3.8, 4) is 0 Å². The van der Waals surface area contributed by atoms with Gasteiger partial charge in [0.15, 0.2) is 0 Å². The summed E-state index contributed by atoms with van der Waals surface area (Å²) in [4.78, 5) is 15.8. The predicted octanol–water partition coefficient (Wildman–Crippen LogP) is 3.19. The van der Waals surface area contributed by atoms with Crippen molar-refractivity contribution in [3.05, 3.63) is 76.1 Å². The maximum atomic E-state index is 12.2. The van der Waals surface area contributed by atoms with Gasteiger partial charge < -0.3 is 4.98 Å². The number of hydrogen-bond donors (Lipinski definition) is 1. The number of aromatic nitrogens is 1. The van der Waals surface area contributed by atoms with E-state index in [1.54, 1.807) is 0 Å². The van der Waals surface area contributed by atoms with Crippen molar-refractivity contribution in [2.75, 3.05) is 5.75 Å².